The first-order valence-corrected chi connectivity index (χ1v) is 7.00. The lowest BCUT2D eigenvalue weighted by atomic mass is 9.69. The topological polar surface area (TPSA) is 32.7 Å². The van der Waals surface area contributed by atoms with Crippen LogP contribution >= 0.6 is 0 Å². The van der Waals surface area contributed by atoms with Crippen LogP contribution < -0.4 is 0 Å². The standard InChI is InChI=1S/C14H27NO2/c1-11-10-17-8-7-15(11)9-12-5-4-6-14(2,3)13(12)16/h11-13,16H,4-10H2,1-3H3. The molecule has 0 spiro atoms. The van der Waals surface area contributed by atoms with Crippen molar-refractivity contribution in [1.82, 2.24) is 4.90 Å². The molecule has 1 saturated heterocycles. The van der Waals surface area contributed by atoms with E-state index in [0.29, 0.717) is 12.0 Å². The summed E-state index contributed by atoms with van der Waals surface area (Å²) >= 11 is 0. The molecule has 2 rings (SSSR count). The summed E-state index contributed by atoms with van der Waals surface area (Å²) in [5.74, 6) is 0.444. The molecule has 3 heteroatoms. The van der Waals surface area contributed by atoms with Gasteiger partial charge in [-0.25, -0.2) is 0 Å². The van der Waals surface area contributed by atoms with E-state index in [9.17, 15) is 5.11 Å². The number of hydrogen-bond acceptors (Lipinski definition) is 3. The molecule has 3 nitrogen and oxygen atoms in total. The Kier molecular flexibility index (Phi) is 4.11. The van der Waals surface area contributed by atoms with Gasteiger partial charge in [0.05, 0.1) is 19.3 Å². The molecule has 1 aliphatic carbocycles. The lowest BCUT2D eigenvalue weighted by molar-refractivity contribution is -0.0650. The largest absolute Gasteiger partial charge is 0.392 e. The lowest BCUT2D eigenvalue weighted by Gasteiger charge is -2.44. The van der Waals surface area contributed by atoms with Crippen molar-refractivity contribution >= 4 is 0 Å². The highest BCUT2D eigenvalue weighted by Crippen LogP contribution is 2.39. The van der Waals surface area contributed by atoms with Crippen molar-refractivity contribution in [2.24, 2.45) is 11.3 Å². The maximum absolute atomic E-state index is 10.5. The number of ether oxygens (including phenoxy) is 1. The van der Waals surface area contributed by atoms with Crippen molar-refractivity contribution in [3.05, 3.63) is 0 Å². The normalized spacial score (nSPS) is 39.2. The minimum absolute atomic E-state index is 0.0957. The highest BCUT2D eigenvalue weighted by Gasteiger charge is 2.38. The van der Waals surface area contributed by atoms with Gasteiger partial charge in [0.1, 0.15) is 0 Å². The molecule has 0 radical (unpaired) electrons. The van der Waals surface area contributed by atoms with E-state index in [-0.39, 0.29) is 11.5 Å². The monoisotopic (exact) mass is 241 g/mol. The smallest absolute Gasteiger partial charge is 0.0631 e. The summed E-state index contributed by atoms with van der Waals surface area (Å²) < 4.78 is 5.46. The quantitative estimate of drug-likeness (QED) is 0.801. The third kappa shape index (κ3) is 3.01. The summed E-state index contributed by atoms with van der Waals surface area (Å²) in [4.78, 5) is 2.48. The summed E-state index contributed by atoms with van der Waals surface area (Å²) in [5, 5.41) is 10.5. The average molecular weight is 241 g/mol. The zero-order valence-corrected chi connectivity index (χ0v) is 11.5. The van der Waals surface area contributed by atoms with Crippen LogP contribution in [0.2, 0.25) is 0 Å². The van der Waals surface area contributed by atoms with E-state index in [1.807, 2.05) is 0 Å². The predicted molar refractivity (Wildman–Crippen MR) is 69.0 cm³/mol. The molecule has 0 aromatic heterocycles. The van der Waals surface area contributed by atoms with Crippen LogP contribution in [0.15, 0.2) is 0 Å². The van der Waals surface area contributed by atoms with E-state index < -0.39 is 0 Å². The Morgan fingerprint density at radius 3 is 2.88 bits per heavy atom. The van der Waals surface area contributed by atoms with E-state index in [0.717, 1.165) is 32.7 Å². The molecule has 0 aromatic carbocycles. The fourth-order valence-corrected chi connectivity index (χ4v) is 3.29. The Morgan fingerprint density at radius 2 is 2.18 bits per heavy atom. The van der Waals surface area contributed by atoms with Gasteiger partial charge >= 0.3 is 0 Å². The zero-order chi connectivity index (χ0) is 12.5. The Hall–Kier alpha value is -0.120. The van der Waals surface area contributed by atoms with Crippen molar-refractivity contribution in [1.29, 1.82) is 0 Å². The molecule has 2 aliphatic rings. The summed E-state index contributed by atoms with van der Waals surface area (Å²) in [6.07, 6.45) is 3.44. The number of aliphatic hydroxyl groups excluding tert-OH is 1. The van der Waals surface area contributed by atoms with Gasteiger partial charge in [-0.15, -0.1) is 0 Å². The van der Waals surface area contributed by atoms with Gasteiger partial charge in [-0.3, -0.25) is 4.90 Å². The minimum Gasteiger partial charge on any atom is -0.392 e. The van der Waals surface area contributed by atoms with E-state index in [2.05, 4.69) is 25.7 Å². The van der Waals surface area contributed by atoms with Crippen LogP contribution in [0.5, 0.6) is 0 Å². The maximum Gasteiger partial charge on any atom is 0.0631 e. The molecule has 17 heavy (non-hydrogen) atoms. The van der Waals surface area contributed by atoms with Crippen molar-refractivity contribution < 1.29 is 9.84 Å². The Labute approximate surface area is 105 Å². The van der Waals surface area contributed by atoms with Crippen LogP contribution in [-0.4, -0.2) is 48.5 Å². The van der Waals surface area contributed by atoms with Crippen LogP contribution in [0.1, 0.15) is 40.0 Å². The van der Waals surface area contributed by atoms with Crippen molar-refractivity contribution in [2.75, 3.05) is 26.3 Å². The highest BCUT2D eigenvalue weighted by atomic mass is 16.5. The number of morpholine rings is 1. The van der Waals surface area contributed by atoms with Crippen molar-refractivity contribution in [3.8, 4) is 0 Å². The Bertz CT molecular complexity index is 255. The second kappa shape index (κ2) is 5.25. The van der Waals surface area contributed by atoms with Crippen LogP contribution in [0, 0.1) is 11.3 Å². The molecule has 100 valence electrons. The molecule has 1 heterocycles. The molecule has 1 N–H and O–H groups in total. The summed E-state index contributed by atoms with van der Waals surface area (Å²) in [6.45, 7) is 10.4. The first-order chi connectivity index (χ1) is 8.00. The van der Waals surface area contributed by atoms with Gasteiger partial charge in [0, 0.05) is 19.1 Å². The molecule has 0 aromatic rings. The predicted octanol–water partition coefficient (Wildman–Crippen LogP) is 1.89. The van der Waals surface area contributed by atoms with Crippen molar-refractivity contribution in [3.63, 3.8) is 0 Å². The first-order valence-electron chi connectivity index (χ1n) is 7.00. The van der Waals surface area contributed by atoms with E-state index in [4.69, 9.17) is 4.74 Å². The molecule has 0 bridgehead atoms. The number of nitrogens with zero attached hydrogens (tertiary/aromatic N) is 1. The van der Waals surface area contributed by atoms with Crippen molar-refractivity contribution in [2.45, 2.75) is 52.2 Å². The molecule has 1 aliphatic heterocycles. The van der Waals surface area contributed by atoms with E-state index >= 15 is 0 Å². The van der Waals surface area contributed by atoms with E-state index in [1.54, 1.807) is 0 Å². The van der Waals surface area contributed by atoms with E-state index in [1.165, 1.54) is 12.8 Å². The molecule has 3 atom stereocenters. The van der Waals surface area contributed by atoms with Gasteiger partial charge in [0.15, 0.2) is 0 Å². The molecule has 0 amide bonds. The third-order valence-corrected chi connectivity index (χ3v) is 4.62. The van der Waals surface area contributed by atoms with Crippen LogP contribution in [0.4, 0.5) is 0 Å². The summed E-state index contributed by atoms with van der Waals surface area (Å²) in [6, 6.07) is 0.501. The molecule has 2 fully saturated rings. The summed E-state index contributed by atoms with van der Waals surface area (Å²) in [7, 11) is 0. The Balaban J connectivity index is 1.93. The van der Waals surface area contributed by atoms with Crippen LogP contribution in [0.3, 0.4) is 0 Å². The fraction of sp³-hybridized carbons (Fsp3) is 1.00. The van der Waals surface area contributed by atoms with Crippen LogP contribution in [-0.2, 0) is 4.74 Å². The van der Waals surface area contributed by atoms with Gasteiger partial charge in [-0.05, 0) is 31.1 Å². The number of aliphatic hydroxyl groups is 1. The molecular weight excluding hydrogens is 214 g/mol. The Morgan fingerprint density at radius 1 is 1.41 bits per heavy atom. The average Bonchev–Trinajstić information content (AvgIpc) is 2.28. The SMILES string of the molecule is CC1COCCN1CC1CCCC(C)(C)C1O. The molecule has 3 unspecified atom stereocenters. The van der Waals surface area contributed by atoms with Gasteiger partial charge in [0.25, 0.3) is 0 Å². The summed E-state index contributed by atoms with van der Waals surface area (Å²) in [5.41, 5.74) is 0.0957. The zero-order valence-electron chi connectivity index (χ0n) is 11.5. The van der Waals surface area contributed by atoms with Gasteiger partial charge in [0.2, 0.25) is 0 Å². The van der Waals surface area contributed by atoms with Gasteiger partial charge in [-0.2, -0.15) is 0 Å². The minimum atomic E-state index is -0.147. The first kappa shape index (κ1) is 13.3. The van der Waals surface area contributed by atoms with Crippen LogP contribution in [0.25, 0.3) is 0 Å². The third-order valence-electron chi connectivity index (χ3n) is 4.62. The number of hydrogen-bond donors (Lipinski definition) is 1. The second-order valence-corrected chi connectivity index (χ2v) is 6.50. The lowest BCUT2D eigenvalue weighted by Crippen LogP contribution is -2.50. The fourth-order valence-electron chi connectivity index (χ4n) is 3.29. The second-order valence-electron chi connectivity index (χ2n) is 6.50. The maximum atomic E-state index is 10.5. The van der Waals surface area contributed by atoms with Gasteiger partial charge < -0.3 is 9.84 Å². The number of rotatable bonds is 2. The van der Waals surface area contributed by atoms with Gasteiger partial charge in [-0.1, -0.05) is 20.3 Å². The molecule has 1 saturated carbocycles. The molecular formula is C14H27NO2. The highest BCUT2D eigenvalue weighted by molar-refractivity contribution is 4.90.